The Labute approximate surface area is 133 Å². The molecule has 0 aliphatic rings. The summed E-state index contributed by atoms with van der Waals surface area (Å²) in [5.74, 6) is -0.320. The largest absolute Gasteiger partial charge is 0.419 e. The van der Waals surface area contributed by atoms with Gasteiger partial charge in [-0.3, -0.25) is 4.90 Å². The maximum Gasteiger partial charge on any atom is 0.419 e. The average Bonchev–Trinajstić information content (AvgIpc) is 2.40. The van der Waals surface area contributed by atoms with Crippen LogP contribution in [0.2, 0.25) is 25.1 Å². The Morgan fingerprint density at radius 3 is 1.63 bits per heavy atom. The molecular formula is C9H6Cl5NO4. The monoisotopic (exact) mass is 367 g/mol. The Morgan fingerprint density at radius 2 is 1.26 bits per heavy atom. The second-order valence-corrected chi connectivity index (χ2v) is 4.98. The predicted molar refractivity (Wildman–Crippen MR) is 73.5 cm³/mol. The highest BCUT2D eigenvalue weighted by Gasteiger charge is 2.24. The van der Waals surface area contributed by atoms with Gasteiger partial charge in [0.15, 0.2) is 5.75 Å². The minimum absolute atomic E-state index is 0.0840. The summed E-state index contributed by atoms with van der Waals surface area (Å²) in [6.07, 6.45) is -1.09. The van der Waals surface area contributed by atoms with Gasteiger partial charge in [-0.1, -0.05) is 58.0 Å². The van der Waals surface area contributed by atoms with E-state index in [1.54, 1.807) is 0 Å². The lowest BCUT2D eigenvalue weighted by Crippen LogP contribution is -2.35. The number of rotatable bonds is 3. The first-order valence-electron chi connectivity index (χ1n) is 4.55. The molecule has 0 heterocycles. The van der Waals surface area contributed by atoms with Gasteiger partial charge in [0, 0.05) is 0 Å². The zero-order valence-corrected chi connectivity index (χ0v) is 12.7. The number of amides is 1. The number of hydrogen-bond donors (Lipinski definition) is 2. The van der Waals surface area contributed by atoms with Gasteiger partial charge in [0.1, 0.15) is 23.5 Å². The van der Waals surface area contributed by atoms with Gasteiger partial charge < -0.3 is 14.9 Å². The number of aliphatic hydroxyl groups is 2. The van der Waals surface area contributed by atoms with E-state index in [-0.39, 0.29) is 30.9 Å². The van der Waals surface area contributed by atoms with Crippen LogP contribution < -0.4 is 4.74 Å². The Morgan fingerprint density at radius 1 is 0.895 bits per heavy atom. The molecule has 0 saturated carbocycles. The molecule has 0 bridgehead atoms. The molecule has 106 valence electrons. The lowest BCUT2D eigenvalue weighted by Gasteiger charge is -2.18. The first kappa shape index (κ1) is 16.9. The van der Waals surface area contributed by atoms with Crippen LogP contribution in [0.4, 0.5) is 4.79 Å². The lowest BCUT2D eigenvalue weighted by molar-refractivity contribution is 0.0379. The number of carbonyl (C=O) groups excluding carboxylic acids is 1. The van der Waals surface area contributed by atoms with Crippen molar-refractivity contribution in [1.29, 1.82) is 0 Å². The Kier molecular flexibility index (Phi) is 6.26. The highest BCUT2D eigenvalue weighted by molar-refractivity contribution is 6.55. The van der Waals surface area contributed by atoms with E-state index in [4.69, 9.17) is 73.0 Å². The summed E-state index contributed by atoms with van der Waals surface area (Å²) in [6, 6.07) is 0. The lowest BCUT2D eigenvalue weighted by atomic mass is 10.3. The van der Waals surface area contributed by atoms with Gasteiger partial charge in [0.25, 0.3) is 0 Å². The van der Waals surface area contributed by atoms with Crippen LogP contribution in [0.1, 0.15) is 0 Å². The number of ether oxygens (including phenoxy) is 1. The van der Waals surface area contributed by atoms with Crippen LogP contribution in [0, 0.1) is 0 Å². The Balaban J connectivity index is 3.19. The molecule has 0 aliphatic heterocycles. The fourth-order valence-electron chi connectivity index (χ4n) is 0.986. The second-order valence-electron chi connectivity index (χ2n) is 3.09. The van der Waals surface area contributed by atoms with Crippen LogP contribution in [0.5, 0.6) is 5.75 Å². The molecule has 19 heavy (non-hydrogen) atoms. The van der Waals surface area contributed by atoms with Crippen molar-refractivity contribution in [3.05, 3.63) is 25.1 Å². The van der Waals surface area contributed by atoms with E-state index in [9.17, 15) is 4.79 Å². The summed E-state index contributed by atoms with van der Waals surface area (Å²) in [7, 11) is 0. The summed E-state index contributed by atoms with van der Waals surface area (Å²) in [5, 5.41) is 16.8. The van der Waals surface area contributed by atoms with Crippen molar-refractivity contribution in [2.45, 2.75) is 0 Å². The van der Waals surface area contributed by atoms with E-state index in [2.05, 4.69) is 0 Å². The van der Waals surface area contributed by atoms with Crippen molar-refractivity contribution < 1.29 is 19.7 Å². The quantitative estimate of drug-likeness (QED) is 0.485. The van der Waals surface area contributed by atoms with Crippen molar-refractivity contribution in [3.8, 4) is 5.75 Å². The topological polar surface area (TPSA) is 70.0 Å². The number of nitrogens with zero attached hydrogens (tertiary/aromatic N) is 1. The SMILES string of the molecule is O=C(Oc1c(Cl)c(Cl)c(Cl)c(Cl)c1Cl)N(CO)CO. The maximum absolute atomic E-state index is 11.5. The number of carbonyl (C=O) groups is 1. The van der Waals surface area contributed by atoms with Crippen molar-refractivity contribution in [2.24, 2.45) is 0 Å². The maximum atomic E-state index is 11.5. The Hall–Kier alpha value is -0.140. The van der Waals surface area contributed by atoms with Gasteiger partial charge >= 0.3 is 6.09 Å². The Bertz CT molecular complexity index is 477. The molecule has 5 nitrogen and oxygen atoms in total. The minimum Gasteiger partial charge on any atom is -0.407 e. The second kappa shape index (κ2) is 7.04. The van der Waals surface area contributed by atoms with Gasteiger partial charge in [-0.05, 0) is 0 Å². The van der Waals surface area contributed by atoms with E-state index in [1.165, 1.54) is 0 Å². The molecule has 0 unspecified atom stereocenters. The molecule has 1 rings (SSSR count). The van der Waals surface area contributed by atoms with E-state index < -0.39 is 19.6 Å². The van der Waals surface area contributed by atoms with Crippen LogP contribution >= 0.6 is 58.0 Å². The molecule has 0 fully saturated rings. The summed E-state index contributed by atoms with van der Waals surface area (Å²) >= 11 is 29.0. The van der Waals surface area contributed by atoms with Crippen LogP contribution in [0.3, 0.4) is 0 Å². The fourth-order valence-corrected chi connectivity index (χ4v) is 2.18. The van der Waals surface area contributed by atoms with Crippen LogP contribution in [0.25, 0.3) is 0 Å². The number of aliphatic hydroxyl groups excluding tert-OH is 2. The van der Waals surface area contributed by atoms with Crippen molar-refractivity contribution in [3.63, 3.8) is 0 Å². The molecule has 1 amide bonds. The molecule has 2 N–H and O–H groups in total. The summed E-state index contributed by atoms with van der Waals surface area (Å²) in [4.78, 5) is 12.1. The number of halogens is 5. The molecule has 0 aliphatic carbocycles. The van der Waals surface area contributed by atoms with E-state index in [0.717, 1.165) is 0 Å². The van der Waals surface area contributed by atoms with Crippen molar-refractivity contribution in [1.82, 2.24) is 4.90 Å². The zero-order valence-electron chi connectivity index (χ0n) is 8.96. The van der Waals surface area contributed by atoms with Crippen LogP contribution in [-0.2, 0) is 0 Å². The predicted octanol–water partition coefficient (Wildman–Crippen LogP) is 3.65. The minimum atomic E-state index is -1.09. The number of hydrogen-bond acceptors (Lipinski definition) is 4. The van der Waals surface area contributed by atoms with E-state index in [1.807, 2.05) is 0 Å². The van der Waals surface area contributed by atoms with Crippen LogP contribution in [-0.4, -0.2) is 34.7 Å². The zero-order chi connectivity index (χ0) is 14.7. The van der Waals surface area contributed by atoms with Gasteiger partial charge in [-0.25, -0.2) is 4.79 Å². The van der Waals surface area contributed by atoms with Crippen molar-refractivity contribution >= 4 is 64.1 Å². The summed E-state index contributed by atoms with van der Waals surface area (Å²) in [5.41, 5.74) is 0. The molecule has 1 aromatic carbocycles. The van der Waals surface area contributed by atoms with E-state index >= 15 is 0 Å². The third-order valence-electron chi connectivity index (χ3n) is 1.96. The van der Waals surface area contributed by atoms with Crippen molar-refractivity contribution in [2.75, 3.05) is 13.5 Å². The highest BCUT2D eigenvalue weighted by Crippen LogP contribution is 2.48. The third-order valence-corrected chi connectivity index (χ3v) is 4.20. The fraction of sp³-hybridized carbons (Fsp3) is 0.222. The standard InChI is InChI=1S/C9H6Cl5NO4/c10-3-4(11)6(13)8(7(14)5(3)12)19-9(18)15(1-16)2-17/h16-17H,1-2H2. The van der Waals surface area contributed by atoms with Crippen LogP contribution in [0.15, 0.2) is 0 Å². The molecular weight excluding hydrogens is 363 g/mol. The third kappa shape index (κ3) is 3.49. The van der Waals surface area contributed by atoms with Gasteiger partial charge in [0.05, 0.1) is 15.1 Å². The van der Waals surface area contributed by atoms with Gasteiger partial charge in [-0.15, -0.1) is 0 Å². The molecule has 0 spiro atoms. The number of benzene rings is 1. The van der Waals surface area contributed by atoms with Gasteiger partial charge in [-0.2, -0.15) is 0 Å². The molecule has 1 aromatic rings. The molecule has 0 radical (unpaired) electrons. The molecule has 0 saturated heterocycles. The average molecular weight is 369 g/mol. The smallest absolute Gasteiger partial charge is 0.407 e. The normalized spacial score (nSPS) is 10.5. The first-order chi connectivity index (χ1) is 8.84. The summed E-state index contributed by atoms with van der Waals surface area (Å²) < 4.78 is 4.81. The molecule has 0 atom stereocenters. The molecule has 10 heteroatoms. The molecule has 0 aromatic heterocycles. The summed E-state index contributed by atoms with van der Waals surface area (Å²) in [6.45, 7) is -1.53. The highest BCUT2D eigenvalue weighted by atomic mass is 35.5. The first-order valence-corrected chi connectivity index (χ1v) is 6.44. The van der Waals surface area contributed by atoms with E-state index in [0.29, 0.717) is 4.90 Å². The van der Waals surface area contributed by atoms with Gasteiger partial charge in [0.2, 0.25) is 0 Å².